The number of anilines is 1. The SMILES string of the molecule is COc1ccc(NC(=O)/C=C/[C@@H](NC(=O)[C@H](Cc2cccs2)NC(=O)OC(C)(C)C)C(C)Cc2ccccc2)cc1. The van der Waals surface area contributed by atoms with Gasteiger partial charge >= 0.3 is 6.09 Å². The summed E-state index contributed by atoms with van der Waals surface area (Å²) in [6.45, 7) is 7.32. The van der Waals surface area contributed by atoms with Crippen LogP contribution >= 0.6 is 11.3 Å². The third kappa shape index (κ3) is 11.1. The molecule has 218 valence electrons. The molecular formula is C32H39N3O5S. The van der Waals surface area contributed by atoms with Gasteiger partial charge in [0, 0.05) is 23.1 Å². The van der Waals surface area contributed by atoms with E-state index in [0.29, 0.717) is 24.3 Å². The van der Waals surface area contributed by atoms with Crippen molar-refractivity contribution < 1.29 is 23.9 Å². The van der Waals surface area contributed by atoms with E-state index < -0.39 is 23.8 Å². The number of carbonyl (C=O) groups is 3. The van der Waals surface area contributed by atoms with Crippen LogP contribution in [-0.4, -0.2) is 42.7 Å². The fraction of sp³-hybridized carbons (Fsp3) is 0.344. The number of hydrogen-bond acceptors (Lipinski definition) is 6. The summed E-state index contributed by atoms with van der Waals surface area (Å²) in [6, 6.07) is 19.4. The van der Waals surface area contributed by atoms with E-state index in [1.807, 2.05) is 54.8 Å². The molecule has 0 saturated carbocycles. The van der Waals surface area contributed by atoms with Crippen LogP contribution in [0, 0.1) is 5.92 Å². The quantitative estimate of drug-likeness (QED) is 0.238. The molecule has 3 rings (SSSR count). The predicted octanol–water partition coefficient (Wildman–Crippen LogP) is 5.75. The number of nitrogens with one attached hydrogen (secondary N) is 3. The topological polar surface area (TPSA) is 106 Å². The number of thiophene rings is 1. The van der Waals surface area contributed by atoms with Crippen LogP contribution in [0.15, 0.2) is 84.3 Å². The minimum atomic E-state index is -0.864. The van der Waals surface area contributed by atoms with Crippen LogP contribution in [0.2, 0.25) is 0 Å². The minimum Gasteiger partial charge on any atom is -0.497 e. The highest BCUT2D eigenvalue weighted by atomic mass is 32.1. The maximum atomic E-state index is 13.6. The lowest BCUT2D eigenvalue weighted by atomic mass is 9.93. The van der Waals surface area contributed by atoms with Gasteiger partial charge in [-0.25, -0.2) is 4.79 Å². The van der Waals surface area contributed by atoms with E-state index in [9.17, 15) is 14.4 Å². The Bertz CT molecular complexity index is 1290. The molecule has 8 nitrogen and oxygen atoms in total. The molecule has 0 aliphatic heterocycles. The minimum absolute atomic E-state index is 0.0599. The van der Waals surface area contributed by atoms with Crippen molar-refractivity contribution >= 4 is 34.9 Å². The molecular weight excluding hydrogens is 538 g/mol. The zero-order valence-electron chi connectivity index (χ0n) is 24.2. The highest BCUT2D eigenvalue weighted by Gasteiger charge is 2.28. The fourth-order valence-corrected chi connectivity index (χ4v) is 4.85. The lowest BCUT2D eigenvalue weighted by Crippen LogP contribution is -2.52. The van der Waals surface area contributed by atoms with Crippen molar-refractivity contribution in [3.05, 3.63) is 94.7 Å². The number of methoxy groups -OCH3 is 1. The first-order chi connectivity index (χ1) is 19.5. The Labute approximate surface area is 246 Å². The molecule has 3 atom stereocenters. The maximum absolute atomic E-state index is 13.6. The van der Waals surface area contributed by atoms with Crippen LogP contribution < -0.4 is 20.7 Å². The van der Waals surface area contributed by atoms with E-state index in [-0.39, 0.29) is 17.7 Å². The molecule has 3 aromatic rings. The Morgan fingerprint density at radius 3 is 2.24 bits per heavy atom. The van der Waals surface area contributed by atoms with Gasteiger partial charge in [0.25, 0.3) is 0 Å². The second kappa shape index (κ2) is 15.0. The summed E-state index contributed by atoms with van der Waals surface area (Å²) in [5, 5.41) is 10.5. The second-order valence-corrected chi connectivity index (χ2v) is 11.8. The fourth-order valence-electron chi connectivity index (χ4n) is 4.10. The molecule has 0 fully saturated rings. The van der Waals surface area contributed by atoms with Crippen molar-refractivity contribution in [3.63, 3.8) is 0 Å². The molecule has 41 heavy (non-hydrogen) atoms. The molecule has 1 unspecified atom stereocenters. The molecule has 3 N–H and O–H groups in total. The first-order valence-corrected chi connectivity index (χ1v) is 14.4. The van der Waals surface area contributed by atoms with Crippen LogP contribution in [-0.2, 0) is 27.2 Å². The Balaban J connectivity index is 1.78. The van der Waals surface area contributed by atoms with Gasteiger partial charge < -0.3 is 25.4 Å². The normalized spacial score (nSPS) is 13.6. The third-order valence-electron chi connectivity index (χ3n) is 6.13. The van der Waals surface area contributed by atoms with Crippen molar-refractivity contribution in [2.75, 3.05) is 12.4 Å². The zero-order valence-corrected chi connectivity index (χ0v) is 25.0. The monoisotopic (exact) mass is 577 g/mol. The molecule has 2 aromatic carbocycles. The standard InChI is InChI=1S/C32H39N3O5S/c1-22(20-23-10-7-6-8-11-23)27(17-18-29(36)33-24-13-15-25(39-5)16-14-24)34-30(37)28(21-26-12-9-19-41-26)35-31(38)40-32(2,3)4/h6-19,22,27-28H,20-21H2,1-5H3,(H,33,36)(H,34,37)(H,35,38)/b18-17+/t22?,27-,28+/m1/s1. The van der Waals surface area contributed by atoms with Crippen molar-refractivity contribution in [2.45, 2.75) is 58.2 Å². The van der Waals surface area contributed by atoms with Crippen LogP contribution in [0.25, 0.3) is 0 Å². The number of ether oxygens (including phenoxy) is 2. The number of alkyl carbamates (subject to hydrolysis) is 1. The largest absolute Gasteiger partial charge is 0.497 e. The zero-order chi connectivity index (χ0) is 29.8. The Hall–Kier alpha value is -4.11. The van der Waals surface area contributed by atoms with Crippen LogP contribution in [0.4, 0.5) is 10.5 Å². The van der Waals surface area contributed by atoms with Crippen molar-refractivity contribution in [1.29, 1.82) is 0 Å². The van der Waals surface area contributed by atoms with E-state index in [1.165, 1.54) is 17.4 Å². The third-order valence-corrected chi connectivity index (χ3v) is 7.03. The Morgan fingerprint density at radius 2 is 1.63 bits per heavy atom. The van der Waals surface area contributed by atoms with Crippen molar-refractivity contribution in [1.82, 2.24) is 10.6 Å². The number of benzene rings is 2. The lowest BCUT2D eigenvalue weighted by Gasteiger charge is -2.27. The summed E-state index contributed by atoms with van der Waals surface area (Å²) in [7, 11) is 1.58. The highest BCUT2D eigenvalue weighted by molar-refractivity contribution is 7.09. The number of carbonyl (C=O) groups excluding carboxylic acids is 3. The lowest BCUT2D eigenvalue weighted by molar-refractivity contribution is -0.124. The van der Waals surface area contributed by atoms with Gasteiger partial charge in [-0.3, -0.25) is 9.59 Å². The Morgan fingerprint density at radius 1 is 0.927 bits per heavy atom. The Kier molecular flexibility index (Phi) is 11.5. The average molecular weight is 578 g/mol. The van der Waals surface area contributed by atoms with Crippen molar-refractivity contribution in [2.24, 2.45) is 5.92 Å². The molecule has 9 heteroatoms. The first-order valence-electron chi connectivity index (χ1n) is 13.5. The van der Waals surface area contributed by atoms with Crippen LogP contribution in [0.3, 0.4) is 0 Å². The number of amides is 3. The van der Waals surface area contributed by atoms with Gasteiger partial charge in [0.15, 0.2) is 0 Å². The maximum Gasteiger partial charge on any atom is 0.408 e. The van der Waals surface area contributed by atoms with E-state index >= 15 is 0 Å². The van der Waals surface area contributed by atoms with E-state index in [4.69, 9.17) is 9.47 Å². The van der Waals surface area contributed by atoms with Crippen LogP contribution in [0.5, 0.6) is 5.75 Å². The van der Waals surface area contributed by atoms with E-state index in [2.05, 4.69) is 16.0 Å². The first kappa shape index (κ1) is 31.4. The molecule has 0 radical (unpaired) electrons. The molecule has 0 saturated heterocycles. The molecule has 0 aliphatic carbocycles. The van der Waals surface area contributed by atoms with Gasteiger partial charge in [-0.05, 0) is 74.4 Å². The molecule has 1 heterocycles. The van der Waals surface area contributed by atoms with Gasteiger partial charge in [0.05, 0.1) is 13.2 Å². The number of hydrogen-bond donors (Lipinski definition) is 3. The highest BCUT2D eigenvalue weighted by Crippen LogP contribution is 2.17. The van der Waals surface area contributed by atoms with Crippen LogP contribution in [0.1, 0.15) is 38.1 Å². The van der Waals surface area contributed by atoms with Gasteiger partial charge in [-0.15, -0.1) is 11.3 Å². The molecule has 3 amide bonds. The van der Waals surface area contributed by atoms with Crippen molar-refractivity contribution in [3.8, 4) is 5.75 Å². The summed E-state index contributed by atoms with van der Waals surface area (Å²) < 4.78 is 10.6. The molecule has 1 aromatic heterocycles. The summed E-state index contributed by atoms with van der Waals surface area (Å²) in [5.41, 5.74) is 1.02. The second-order valence-electron chi connectivity index (χ2n) is 10.8. The molecule has 0 spiro atoms. The summed E-state index contributed by atoms with van der Waals surface area (Å²) in [6.07, 6.45) is 3.43. The van der Waals surface area contributed by atoms with E-state index in [0.717, 1.165) is 10.4 Å². The summed E-state index contributed by atoms with van der Waals surface area (Å²) in [4.78, 5) is 39.9. The van der Waals surface area contributed by atoms with Gasteiger partial charge in [0.2, 0.25) is 11.8 Å². The summed E-state index contributed by atoms with van der Waals surface area (Å²) >= 11 is 1.51. The smallest absolute Gasteiger partial charge is 0.408 e. The summed E-state index contributed by atoms with van der Waals surface area (Å²) in [5.74, 6) is -0.0684. The average Bonchev–Trinajstić information content (AvgIpc) is 3.43. The molecule has 0 aliphatic rings. The van der Waals surface area contributed by atoms with Gasteiger partial charge in [0.1, 0.15) is 17.4 Å². The van der Waals surface area contributed by atoms with Gasteiger partial charge in [-0.2, -0.15) is 0 Å². The molecule has 0 bridgehead atoms. The van der Waals surface area contributed by atoms with Gasteiger partial charge in [-0.1, -0.05) is 49.4 Å². The van der Waals surface area contributed by atoms with E-state index in [1.54, 1.807) is 58.2 Å². The predicted molar refractivity (Wildman–Crippen MR) is 163 cm³/mol. The number of rotatable bonds is 12.